The van der Waals surface area contributed by atoms with Crippen LogP contribution in [0.25, 0.3) is 10.4 Å². The number of nitrogens with one attached hydrogen (secondary N) is 1. The van der Waals surface area contributed by atoms with Gasteiger partial charge in [0.05, 0.1) is 17.6 Å². The molecule has 629 valence electrons. The summed E-state index contributed by atoms with van der Waals surface area (Å²) in [7, 11) is -2.32. The number of carbonyl (C=O) groups excluding carboxylic acids is 5. The molecule has 0 aromatic carbocycles. The number of carboxylic acid groups (broad SMARTS) is 1. The second-order valence-corrected chi connectivity index (χ2v) is 9.41. The Kier molecular flexibility index (Phi) is 2960. The number of hydrogen-bond acceptors (Lipinski definition) is 18. The third-order valence-electron chi connectivity index (χ3n) is 2.45. The molecule has 0 saturated carbocycles. The van der Waals surface area contributed by atoms with Crippen LogP contribution in [0.5, 0.6) is 0 Å². The van der Waals surface area contributed by atoms with Crippen LogP contribution in [0.1, 0.15) is 389 Å². The number of aliphatic carboxylic acids is 1. The first-order chi connectivity index (χ1) is 25.3. The molecule has 0 bridgehead atoms. The summed E-state index contributed by atoms with van der Waals surface area (Å²) < 4.78 is 22.7. The summed E-state index contributed by atoms with van der Waals surface area (Å²) in [4.78, 5) is 67.2. The Hall–Kier alpha value is -1.14. The van der Waals surface area contributed by atoms with Gasteiger partial charge in [0.1, 0.15) is 6.29 Å². The van der Waals surface area contributed by atoms with Crippen LogP contribution in [-0.4, -0.2) is 78.8 Å². The first kappa shape index (κ1) is 439. The van der Waals surface area contributed by atoms with Gasteiger partial charge < -0.3 is 48.4 Å². The number of carbonyl (C=O) groups is 5. The van der Waals surface area contributed by atoms with Gasteiger partial charge in [-0.05, 0) is 31.7 Å². The molecule has 26 heteroatoms. The first-order valence-corrected chi connectivity index (χ1v) is 19.2. The molecule has 0 spiro atoms. The Morgan fingerprint density at radius 1 is 0.576 bits per heavy atom. The predicted molar refractivity (Wildman–Crippen MR) is 465 cm³/mol. The molecule has 0 saturated heterocycles. The Bertz CT molecular complexity index is 788. The SMILES string of the molecule is C.C.C.C.C.C.C.C.C.C.C.C.C.C.C.C.C.C.C.C.C.C.C.C.C.C.C.C.C.C.C.C.C.C.C.C.CCBr.CCC(=O)NN.CCC(=O)O.CCC(=O)ON.CCC(N)=O.CCC=O.CCN.CCN=[N+]=[N-].CCON.CCO[S-](=O)=O.CCS.CC[C-]=O.[W].[Y]. The smallest absolute Gasteiger partial charge is 0.324 e. The van der Waals surface area contributed by atoms with Crippen molar-refractivity contribution >= 4 is 75.9 Å². The number of azide groups is 1. The van der Waals surface area contributed by atoms with E-state index in [0.717, 1.165) is 23.9 Å². The molecule has 2 amide bonds. The van der Waals surface area contributed by atoms with Crippen molar-refractivity contribution < 1.29 is 110 Å². The number of amides is 2. The fraction of sp³-hybridized carbons (Fsp3) is 0.909. The number of nitrogens with zero attached hydrogens (tertiary/aromatic N) is 3. The molecule has 0 fully saturated rings. The third kappa shape index (κ3) is 1930. The number of aldehydes is 1. The zero-order chi connectivity index (χ0) is 46.0. The number of primary amides is 1. The molecule has 12 N–H and O–H groups in total. The van der Waals surface area contributed by atoms with E-state index in [4.69, 9.17) is 21.2 Å². The molecular weight excluding hydrogens is 1530 g/mol. The van der Waals surface area contributed by atoms with Crippen LogP contribution in [0, 0.1) is 0 Å². The molecule has 0 aromatic heterocycles. The largest absolute Gasteiger partial charge is 0.542 e. The van der Waals surface area contributed by atoms with Gasteiger partial charge >= 0.3 is 11.9 Å². The number of hydrazine groups is 1. The van der Waals surface area contributed by atoms with E-state index in [1.54, 1.807) is 54.8 Å². The molecule has 0 aliphatic carbocycles. The zero-order valence-corrected chi connectivity index (χ0v) is 44.5. The van der Waals surface area contributed by atoms with Gasteiger partial charge in [0.15, 0.2) is 0 Å². The number of nitrogens with two attached hydrogens (primary N) is 5. The second-order valence-electron chi connectivity index (χ2n) is 7.01. The summed E-state index contributed by atoms with van der Waals surface area (Å²) in [6.45, 7) is 23.6. The standard InChI is InChI=1S/C3H8N2O.C3H7NO2.C3H7NO.C3H6O2.C3H6O.C3H5O.C2H5Br.C2H5N3.C2H7NO.C2H7N.C2H5O3S.C2H6S.36CH4.W.Y/c1-2-3(6)5-4;1-2-3(5)6-4;2*1-2-3(4)5;2*1-2-3-4;1-2-3;1-2-4-5-3;1-2-4-3;1-2-3;1-2-5-6(3)4;1-2-3;;;;;;;;;;;;;;;;;;;;;;;;;;;;;;;;;;;;;;/h2,4H2,1H3,(H,5,6);2,4H2,1H3;2H2,1H3,(H2,4,5);2H2,1H3,(H,4,5);3H,2H2,1H3;2H2,1H3;2H2,1H3;2H2,1H3;2-3H2,1H3;2-3H2,1H3;2H2,1H3;3H,2H2,1H3;36*1H4;;/q;;;;;-1;;;;;-1;;;;;;;;;;;;;;;;;;;;;;;;;;;;;;;;;;;;;;;. The van der Waals surface area contributed by atoms with Crippen molar-refractivity contribution in [3.8, 4) is 0 Å². The number of alkyl halides is 1. The van der Waals surface area contributed by atoms with Crippen LogP contribution >= 0.6 is 28.6 Å². The van der Waals surface area contributed by atoms with Gasteiger partial charge in [0.25, 0.3) is 0 Å². The van der Waals surface area contributed by atoms with Crippen molar-refractivity contribution in [2.75, 3.05) is 37.4 Å². The summed E-state index contributed by atoms with van der Waals surface area (Å²) in [5.41, 5.74) is 19.0. The summed E-state index contributed by atoms with van der Waals surface area (Å²) in [5, 5.41) is 11.9. The van der Waals surface area contributed by atoms with Crippen LogP contribution < -0.4 is 34.5 Å². The topological polar surface area (TPSA) is 375 Å². The minimum Gasteiger partial charge on any atom is -0.542 e. The van der Waals surface area contributed by atoms with Crippen LogP contribution in [0.4, 0.5) is 0 Å². The average molecular weight is 1750 g/mol. The molecular formula is C66H218BrN9O12S2WY-2. The molecule has 0 heterocycles. The van der Waals surface area contributed by atoms with Gasteiger partial charge in [0.2, 0.25) is 11.8 Å². The molecule has 0 aromatic rings. The Balaban J connectivity index is -0.00000000422. The first-order valence-electron chi connectivity index (χ1n) is 16.4. The molecule has 0 rings (SSSR count). The van der Waals surface area contributed by atoms with Gasteiger partial charge in [-0.1, -0.05) is 358 Å². The summed E-state index contributed by atoms with van der Waals surface area (Å²) in [6.07, 6.45) is 5.17. The third-order valence-corrected chi connectivity index (χ3v) is 2.88. The van der Waals surface area contributed by atoms with Gasteiger partial charge in [-0.25, -0.2) is 11.7 Å². The van der Waals surface area contributed by atoms with E-state index in [-0.39, 0.29) is 352 Å². The van der Waals surface area contributed by atoms with E-state index < -0.39 is 17.0 Å². The average Bonchev–Trinajstić information content (AvgIpc) is 3.16. The summed E-state index contributed by atoms with van der Waals surface area (Å²) in [5.74, 6) is 13.1. The van der Waals surface area contributed by atoms with E-state index in [9.17, 15) is 32.4 Å². The molecule has 21 nitrogen and oxygen atoms in total. The van der Waals surface area contributed by atoms with Crippen molar-refractivity contribution in [2.45, 2.75) is 389 Å². The minimum absolute atomic E-state index is 0. The molecule has 1 radical (unpaired) electrons. The van der Waals surface area contributed by atoms with Crippen LogP contribution in [0.15, 0.2) is 5.11 Å². The minimum atomic E-state index is -2.32. The number of halogens is 1. The van der Waals surface area contributed by atoms with Crippen molar-refractivity contribution in [3.05, 3.63) is 10.4 Å². The number of rotatable bonds is 10. The van der Waals surface area contributed by atoms with Crippen molar-refractivity contribution in [3.63, 3.8) is 0 Å². The molecule has 0 aliphatic heterocycles. The molecule has 92 heavy (non-hydrogen) atoms. The van der Waals surface area contributed by atoms with Crippen LogP contribution in [0.2, 0.25) is 0 Å². The van der Waals surface area contributed by atoms with Crippen LogP contribution in [0.3, 0.4) is 0 Å². The van der Waals surface area contributed by atoms with Gasteiger partial charge in [0, 0.05) is 109 Å². The number of thiol groups is 1. The van der Waals surface area contributed by atoms with Gasteiger partial charge in [-0.3, -0.25) is 30.9 Å². The van der Waals surface area contributed by atoms with Crippen molar-refractivity contribution in [2.24, 2.45) is 34.2 Å². The van der Waals surface area contributed by atoms with E-state index >= 15 is 0 Å². The van der Waals surface area contributed by atoms with Crippen molar-refractivity contribution in [1.29, 1.82) is 0 Å². The Labute approximate surface area is 657 Å². The molecule has 0 unspecified atom stereocenters. The maximum absolute atomic E-state index is 9.94. The Morgan fingerprint density at radius 2 is 0.761 bits per heavy atom. The number of carboxylic acids is 1. The van der Waals surface area contributed by atoms with E-state index in [2.05, 4.69) is 75.8 Å². The maximum Gasteiger partial charge on any atom is 0.324 e. The van der Waals surface area contributed by atoms with Gasteiger partial charge in [-0.15, -0.1) is 0 Å². The quantitative estimate of drug-likeness (QED) is 0.00861. The maximum atomic E-state index is 9.94. The summed E-state index contributed by atoms with van der Waals surface area (Å²) >= 11 is 6.93. The summed E-state index contributed by atoms with van der Waals surface area (Å²) in [6, 6.07) is 0. The van der Waals surface area contributed by atoms with E-state index in [1.165, 1.54) is 0 Å². The normalized spacial score (nSPS) is 4.21. The predicted octanol–water partition coefficient (Wildman–Crippen LogP) is 27.3. The van der Waals surface area contributed by atoms with E-state index in [1.807, 2.05) is 40.0 Å². The second kappa shape index (κ2) is 619. The van der Waals surface area contributed by atoms with Gasteiger partial charge in [-0.2, -0.15) is 24.9 Å². The monoisotopic (exact) mass is 1750 g/mol. The fourth-order valence-electron chi connectivity index (χ4n) is 0.345. The van der Waals surface area contributed by atoms with Crippen molar-refractivity contribution in [1.82, 2.24) is 5.43 Å². The van der Waals surface area contributed by atoms with Crippen LogP contribution in [-0.2, 0) is 116 Å². The zero-order valence-electron chi connectivity index (χ0n) is 35.4. The molecule has 0 aliphatic rings. The van der Waals surface area contributed by atoms with E-state index in [0.29, 0.717) is 45.3 Å². The fourth-order valence-corrected chi connectivity index (χ4v) is 0.537. The number of hydrogen-bond donors (Lipinski definition) is 8. The Morgan fingerprint density at radius 3 is 0.761 bits per heavy atom. The molecule has 0 atom stereocenters.